The summed E-state index contributed by atoms with van der Waals surface area (Å²) in [5.41, 5.74) is 2.38. The first-order valence-electron chi connectivity index (χ1n) is 9.86. The summed E-state index contributed by atoms with van der Waals surface area (Å²) >= 11 is 0. The SMILES string of the molecule is Cc1cc(F)ccc1Cn1ncc2c(C(=O)NCc3cccc(C(F)(F)F)c3)cccc21. The Morgan fingerprint density at radius 2 is 1.84 bits per heavy atom. The molecule has 0 saturated heterocycles. The Bertz CT molecular complexity index is 1290. The number of benzene rings is 3. The molecule has 0 aliphatic carbocycles. The summed E-state index contributed by atoms with van der Waals surface area (Å²) in [4.78, 5) is 12.8. The van der Waals surface area contributed by atoms with Gasteiger partial charge in [-0.25, -0.2) is 4.39 Å². The van der Waals surface area contributed by atoms with Gasteiger partial charge in [-0.3, -0.25) is 9.48 Å². The molecule has 0 aliphatic heterocycles. The number of fused-ring (bicyclic) bond motifs is 1. The molecule has 164 valence electrons. The van der Waals surface area contributed by atoms with Gasteiger partial charge in [0.1, 0.15) is 5.82 Å². The lowest BCUT2D eigenvalue weighted by atomic mass is 10.1. The first-order chi connectivity index (χ1) is 15.2. The second kappa shape index (κ2) is 8.45. The number of aryl methyl sites for hydroxylation is 1. The first-order valence-corrected chi connectivity index (χ1v) is 9.86. The van der Waals surface area contributed by atoms with E-state index in [4.69, 9.17) is 0 Å². The quantitative estimate of drug-likeness (QED) is 0.417. The van der Waals surface area contributed by atoms with Gasteiger partial charge in [0.2, 0.25) is 0 Å². The van der Waals surface area contributed by atoms with Crippen molar-refractivity contribution in [3.63, 3.8) is 0 Å². The van der Waals surface area contributed by atoms with Gasteiger partial charge in [0, 0.05) is 11.9 Å². The van der Waals surface area contributed by atoms with Crippen LogP contribution in [0.2, 0.25) is 0 Å². The van der Waals surface area contributed by atoms with Gasteiger partial charge >= 0.3 is 6.18 Å². The monoisotopic (exact) mass is 441 g/mol. The van der Waals surface area contributed by atoms with Crippen LogP contribution in [0.25, 0.3) is 10.9 Å². The Labute approximate surface area is 181 Å². The number of alkyl halides is 3. The fraction of sp³-hybridized carbons (Fsp3) is 0.167. The number of halogens is 4. The molecule has 1 heterocycles. The third-order valence-corrected chi connectivity index (χ3v) is 5.26. The molecule has 0 aliphatic rings. The predicted molar refractivity (Wildman–Crippen MR) is 113 cm³/mol. The van der Waals surface area contributed by atoms with Crippen LogP contribution in [0, 0.1) is 12.7 Å². The van der Waals surface area contributed by atoms with Crippen LogP contribution in [-0.2, 0) is 19.3 Å². The van der Waals surface area contributed by atoms with E-state index >= 15 is 0 Å². The summed E-state index contributed by atoms with van der Waals surface area (Å²) in [6, 6.07) is 14.6. The highest BCUT2D eigenvalue weighted by molar-refractivity contribution is 6.06. The molecule has 4 nitrogen and oxygen atoms in total. The number of carbonyl (C=O) groups is 1. The number of rotatable bonds is 5. The molecule has 8 heteroatoms. The number of carbonyl (C=O) groups excluding carboxylic acids is 1. The Balaban J connectivity index is 1.54. The number of hydrogen-bond donors (Lipinski definition) is 1. The van der Waals surface area contributed by atoms with Crippen LogP contribution in [0.5, 0.6) is 0 Å². The second-order valence-electron chi connectivity index (χ2n) is 7.49. The van der Waals surface area contributed by atoms with Gasteiger partial charge in [0.15, 0.2) is 0 Å². The fourth-order valence-corrected chi connectivity index (χ4v) is 3.56. The van der Waals surface area contributed by atoms with E-state index in [1.54, 1.807) is 29.1 Å². The predicted octanol–water partition coefficient (Wildman–Crippen LogP) is 5.48. The summed E-state index contributed by atoms with van der Waals surface area (Å²) in [5.74, 6) is -0.721. The fourth-order valence-electron chi connectivity index (χ4n) is 3.56. The van der Waals surface area contributed by atoms with E-state index in [-0.39, 0.29) is 12.4 Å². The largest absolute Gasteiger partial charge is 0.416 e. The summed E-state index contributed by atoms with van der Waals surface area (Å²) in [7, 11) is 0. The summed E-state index contributed by atoms with van der Waals surface area (Å²) < 4.78 is 53.8. The topological polar surface area (TPSA) is 46.9 Å². The zero-order valence-corrected chi connectivity index (χ0v) is 17.1. The van der Waals surface area contributed by atoms with E-state index < -0.39 is 17.6 Å². The highest BCUT2D eigenvalue weighted by atomic mass is 19.4. The maximum atomic E-state index is 13.4. The minimum absolute atomic E-state index is 0.0396. The zero-order valence-electron chi connectivity index (χ0n) is 17.1. The van der Waals surface area contributed by atoms with E-state index in [9.17, 15) is 22.4 Å². The Morgan fingerprint density at radius 3 is 2.59 bits per heavy atom. The van der Waals surface area contributed by atoms with Crippen LogP contribution in [0.4, 0.5) is 17.6 Å². The molecule has 4 rings (SSSR count). The molecule has 0 fully saturated rings. The Hall–Kier alpha value is -3.68. The number of hydrogen-bond acceptors (Lipinski definition) is 2. The van der Waals surface area contributed by atoms with Crippen molar-refractivity contribution in [2.45, 2.75) is 26.2 Å². The van der Waals surface area contributed by atoms with E-state index in [2.05, 4.69) is 10.4 Å². The van der Waals surface area contributed by atoms with Crippen LogP contribution in [0.1, 0.15) is 32.6 Å². The molecule has 1 N–H and O–H groups in total. The molecule has 0 atom stereocenters. The van der Waals surface area contributed by atoms with E-state index in [1.807, 2.05) is 13.0 Å². The van der Waals surface area contributed by atoms with Crippen molar-refractivity contribution in [2.24, 2.45) is 0 Å². The minimum atomic E-state index is -4.44. The van der Waals surface area contributed by atoms with Gasteiger partial charge in [-0.15, -0.1) is 0 Å². The van der Waals surface area contributed by atoms with Crippen molar-refractivity contribution in [3.05, 3.63) is 100 Å². The molecule has 0 bridgehead atoms. The molecule has 0 spiro atoms. The molecule has 3 aromatic carbocycles. The first kappa shape index (κ1) is 21.5. The van der Waals surface area contributed by atoms with Gasteiger partial charge in [0.05, 0.1) is 29.4 Å². The smallest absolute Gasteiger partial charge is 0.348 e. The maximum Gasteiger partial charge on any atom is 0.416 e. The summed E-state index contributed by atoms with van der Waals surface area (Å²) in [5, 5.41) is 7.67. The Kier molecular flexibility index (Phi) is 5.69. The highest BCUT2D eigenvalue weighted by Gasteiger charge is 2.30. The molecular weight excluding hydrogens is 422 g/mol. The van der Waals surface area contributed by atoms with Gasteiger partial charge in [-0.1, -0.05) is 24.3 Å². The molecule has 0 saturated carbocycles. The standard InChI is InChI=1S/C24H19F4N3O/c1-15-10-19(25)9-8-17(15)14-31-22-7-3-6-20(21(22)13-30-31)23(32)29-12-16-4-2-5-18(11-16)24(26,27)28/h2-11,13H,12,14H2,1H3,(H,29,32). The van der Waals surface area contributed by atoms with Crippen LogP contribution in [0.3, 0.4) is 0 Å². The molecule has 0 radical (unpaired) electrons. The van der Waals surface area contributed by atoms with Crippen LogP contribution in [-0.4, -0.2) is 15.7 Å². The molecule has 32 heavy (non-hydrogen) atoms. The molecular formula is C24H19F4N3O. The van der Waals surface area contributed by atoms with Gasteiger partial charge in [-0.05, 0) is 60.0 Å². The third kappa shape index (κ3) is 4.49. The van der Waals surface area contributed by atoms with Gasteiger partial charge < -0.3 is 5.32 Å². The van der Waals surface area contributed by atoms with Crippen molar-refractivity contribution in [3.8, 4) is 0 Å². The van der Waals surface area contributed by atoms with E-state index in [0.29, 0.717) is 23.1 Å². The normalized spacial score (nSPS) is 11.7. The third-order valence-electron chi connectivity index (χ3n) is 5.26. The average molecular weight is 441 g/mol. The molecule has 0 unspecified atom stereocenters. The molecule has 1 amide bonds. The number of nitrogens with zero attached hydrogens (tertiary/aromatic N) is 2. The average Bonchev–Trinajstić information content (AvgIpc) is 3.16. The molecule has 4 aromatic rings. The second-order valence-corrected chi connectivity index (χ2v) is 7.49. The van der Waals surface area contributed by atoms with Crippen molar-refractivity contribution in [1.82, 2.24) is 15.1 Å². The van der Waals surface area contributed by atoms with Crippen molar-refractivity contribution in [1.29, 1.82) is 0 Å². The number of amides is 1. The highest BCUT2D eigenvalue weighted by Crippen LogP contribution is 2.29. The van der Waals surface area contributed by atoms with Crippen LogP contribution >= 0.6 is 0 Å². The van der Waals surface area contributed by atoms with Crippen LogP contribution in [0.15, 0.2) is 66.9 Å². The van der Waals surface area contributed by atoms with E-state index in [0.717, 1.165) is 28.8 Å². The lowest BCUT2D eigenvalue weighted by Gasteiger charge is -2.10. The maximum absolute atomic E-state index is 13.4. The van der Waals surface area contributed by atoms with Gasteiger partial charge in [-0.2, -0.15) is 18.3 Å². The number of aromatic nitrogens is 2. The van der Waals surface area contributed by atoms with Gasteiger partial charge in [0.25, 0.3) is 5.91 Å². The lowest BCUT2D eigenvalue weighted by molar-refractivity contribution is -0.137. The summed E-state index contributed by atoms with van der Waals surface area (Å²) in [6.07, 6.45) is -2.86. The summed E-state index contributed by atoms with van der Waals surface area (Å²) in [6.45, 7) is 2.18. The molecule has 1 aromatic heterocycles. The van der Waals surface area contributed by atoms with E-state index in [1.165, 1.54) is 24.3 Å². The Morgan fingerprint density at radius 1 is 1.06 bits per heavy atom. The van der Waals surface area contributed by atoms with Crippen molar-refractivity contribution in [2.75, 3.05) is 0 Å². The van der Waals surface area contributed by atoms with Crippen LogP contribution < -0.4 is 5.32 Å². The number of nitrogens with one attached hydrogen (secondary N) is 1. The van der Waals surface area contributed by atoms with Crippen molar-refractivity contribution >= 4 is 16.8 Å². The lowest BCUT2D eigenvalue weighted by Crippen LogP contribution is -2.23. The zero-order chi connectivity index (χ0) is 22.9. The van der Waals surface area contributed by atoms with Crippen molar-refractivity contribution < 1.29 is 22.4 Å². The minimum Gasteiger partial charge on any atom is -0.348 e.